The lowest BCUT2D eigenvalue weighted by Crippen LogP contribution is -2.42. The van der Waals surface area contributed by atoms with Gasteiger partial charge < -0.3 is 10.1 Å². The summed E-state index contributed by atoms with van der Waals surface area (Å²) in [6.45, 7) is 6.32. The van der Waals surface area contributed by atoms with Crippen molar-refractivity contribution in [3.8, 4) is 5.75 Å². The van der Waals surface area contributed by atoms with Gasteiger partial charge in [-0.1, -0.05) is 45.2 Å². The third-order valence-corrected chi connectivity index (χ3v) is 4.61. The van der Waals surface area contributed by atoms with Gasteiger partial charge in [0.2, 0.25) is 0 Å². The molecule has 0 saturated heterocycles. The monoisotopic (exact) mass is 289 g/mol. The van der Waals surface area contributed by atoms with E-state index in [4.69, 9.17) is 4.74 Å². The first-order chi connectivity index (χ1) is 10.3. The van der Waals surface area contributed by atoms with Crippen LogP contribution in [0.3, 0.4) is 0 Å². The molecule has 0 amide bonds. The second-order valence-corrected chi connectivity index (χ2v) is 6.27. The molecular formula is C19H31NO. The zero-order chi connectivity index (χ0) is 14.9. The largest absolute Gasteiger partial charge is 0.492 e. The van der Waals surface area contributed by atoms with Gasteiger partial charge >= 0.3 is 0 Å². The molecule has 0 aliphatic heterocycles. The van der Waals surface area contributed by atoms with Crippen LogP contribution in [-0.4, -0.2) is 19.2 Å². The van der Waals surface area contributed by atoms with E-state index in [1.54, 1.807) is 0 Å². The van der Waals surface area contributed by atoms with E-state index in [2.05, 4.69) is 43.4 Å². The SMILES string of the molecule is CCCNC(COc1cccc(CC)c1)C1CCCCC1. The molecule has 1 aromatic rings. The van der Waals surface area contributed by atoms with E-state index in [1.807, 2.05) is 0 Å². The van der Waals surface area contributed by atoms with Gasteiger partial charge in [0.25, 0.3) is 0 Å². The molecule has 1 atom stereocenters. The lowest BCUT2D eigenvalue weighted by molar-refractivity contribution is 0.186. The molecule has 2 nitrogen and oxygen atoms in total. The van der Waals surface area contributed by atoms with E-state index in [1.165, 1.54) is 44.1 Å². The minimum absolute atomic E-state index is 0.510. The number of ether oxygens (including phenoxy) is 1. The highest BCUT2D eigenvalue weighted by atomic mass is 16.5. The highest BCUT2D eigenvalue weighted by Gasteiger charge is 2.23. The summed E-state index contributed by atoms with van der Waals surface area (Å²) in [6, 6.07) is 9.04. The Morgan fingerprint density at radius 1 is 1.19 bits per heavy atom. The van der Waals surface area contributed by atoms with Crippen molar-refractivity contribution in [1.82, 2.24) is 5.32 Å². The Balaban J connectivity index is 1.90. The van der Waals surface area contributed by atoms with E-state index < -0.39 is 0 Å². The van der Waals surface area contributed by atoms with Crippen molar-refractivity contribution >= 4 is 0 Å². The van der Waals surface area contributed by atoms with Gasteiger partial charge in [0, 0.05) is 6.04 Å². The summed E-state index contributed by atoms with van der Waals surface area (Å²) in [4.78, 5) is 0. The zero-order valence-corrected chi connectivity index (χ0v) is 13.7. The predicted molar refractivity (Wildman–Crippen MR) is 90.0 cm³/mol. The van der Waals surface area contributed by atoms with Crippen molar-refractivity contribution in [1.29, 1.82) is 0 Å². The lowest BCUT2D eigenvalue weighted by atomic mass is 9.84. The molecule has 1 N–H and O–H groups in total. The van der Waals surface area contributed by atoms with Gasteiger partial charge in [-0.2, -0.15) is 0 Å². The molecule has 0 bridgehead atoms. The van der Waals surface area contributed by atoms with Crippen LogP contribution in [0, 0.1) is 5.92 Å². The number of benzene rings is 1. The Morgan fingerprint density at radius 3 is 2.71 bits per heavy atom. The van der Waals surface area contributed by atoms with Crippen molar-refractivity contribution in [2.24, 2.45) is 5.92 Å². The standard InChI is InChI=1S/C19H31NO/c1-3-13-20-19(17-10-6-5-7-11-17)15-21-18-12-8-9-16(4-2)14-18/h8-9,12,14,17,19-20H,3-7,10-11,13,15H2,1-2H3. The van der Waals surface area contributed by atoms with Gasteiger partial charge in [0.15, 0.2) is 0 Å². The molecule has 1 aliphatic rings. The highest BCUT2D eigenvalue weighted by Crippen LogP contribution is 2.27. The Bertz CT molecular complexity index is 398. The van der Waals surface area contributed by atoms with Crippen LogP contribution in [0.4, 0.5) is 0 Å². The summed E-state index contributed by atoms with van der Waals surface area (Å²) in [5.41, 5.74) is 1.35. The molecular weight excluding hydrogens is 258 g/mol. The minimum Gasteiger partial charge on any atom is -0.492 e. The van der Waals surface area contributed by atoms with Crippen molar-refractivity contribution in [3.05, 3.63) is 29.8 Å². The summed E-state index contributed by atoms with van der Waals surface area (Å²) in [6.07, 6.45) is 9.17. The van der Waals surface area contributed by atoms with Crippen LogP contribution in [0.15, 0.2) is 24.3 Å². The van der Waals surface area contributed by atoms with E-state index in [-0.39, 0.29) is 0 Å². The zero-order valence-electron chi connectivity index (χ0n) is 13.7. The predicted octanol–water partition coefficient (Wildman–Crippen LogP) is 4.58. The van der Waals surface area contributed by atoms with E-state index in [0.717, 1.165) is 31.2 Å². The summed E-state index contributed by atoms with van der Waals surface area (Å²) < 4.78 is 6.10. The average molecular weight is 289 g/mol. The topological polar surface area (TPSA) is 21.3 Å². The molecule has 1 fully saturated rings. The summed E-state index contributed by atoms with van der Waals surface area (Å²) in [5, 5.41) is 3.71. The van der Waals surface area contributed by atoms with Gasteiger partial charge in [-0.25, -0.2) is 0 Å². The molecule has 0 radical (unpaired) electrons. The quantitative estimate of drug-likeness (QED) is 0.756. The lowest BCUT2D eigenvalue weighted by Gasteiger charge is -2.31. The van der Waals surface area contributed by atoms with Gasteiger partial charge in [-0.05, 0) is 55.8 Å². The van der Waals surface area contributed by atoms with Crippen LogP contribution in [-0.2, 0) is 6.42 Å². The normalized spacial score (nSPS) is 17.6. The maximum Gasteiger partial charge on any atom is 0.119 e. The number of hydrogen-bond acceptors (Lipinski definition) is 2. The first-order valence-corrected chi connectivity index (χ1v) is 8.78. The van der Waals surface area contributed by atoms with Gasteiger partial charge in [0.1, 0.15) is 12.4 Å². The highest BCUT2D eigenvalue weighted by molar-refractivity contribution is 5.28. The van der Waals surface area contributed by atoms with Crippen LogP contribution in [0.25, 0.3) is 0 Å². The smallest absolute Gasteiger partial charge is 0.119 e. The summed E-state index contributed by atoms with van der Waals surface area (Å²) in [7, 11) is 0. The van der Waals surface area contributed by atoms with E-state index in [9.17, 15) is 0 Å². The number of nitrogens with one attached hydrogen (secondary N) is 1. The molecule has 1 unspecified atom stereocenters. The third kappa shape index (κ3) is 5.35. The first kappa shape index (κ1) is 16.4. The summed E-state index contributed by atoms with van der Waals surface area (Å²) in [5.74, 6) is 1.81. The molecule has 1 saturated carbocycles. The molecule has 1 aliphatic carbocycles. The fraction of sp³-hybridized carbons (Fsp3) is 0.684. The van der Waals surface area contributed by atoms with Crippen LogP contribution in [0.2, 0.25) is 0 Å². The Hall–Kier alpha value is -1.02. The molecule has 0 aromatic heterocycles. The molecule has 2 rings (SSSR count). The van der Waals surface area contributed by atoms with Gasteiger partial charge in [-0.15, -0.1) is 0 Å². The molecule has 0 heterocycles. The Morgan fingerprint density at radius 2 is 2.00 bits per heavy atom. The van der Waals surface area contributed by atoms with Crippen molar-refractivity contribution < 1.29 is 4.74 Å². The second kappa shape index (κ2) is 9.09. The fourth-order valence-corrected chi connectivity index (χ4v) is 3.27. The minimum atomic E-state index is 0.510. The maximum atomic E-state index is 6.10. The van der Waals surface area contributed by atoms with Gasteiger partial charge in [-0.3, -0.25) is 0 Å². The third-order valence-electron chi connectivity index (χ3n) is 4.61. The second-order valence-electron chi connectivity index (χ2n) is 6.27. The molecule has 118 valence electrons. The number of rotatable bonds is 8. The molecule has 0 spiro atoms. The molecule has 2 heteroatoms. The molecule has 21 heavy (non-hydrogen) atoms. The van der Waals surface area contributed by atoms with E-state index in [0.29, 0.717) is 6.04 Å². The molecule has 1 aromatic carbocycles. The average Bonchev–Trinajstić information content (AvgIpc) is 2.56. The maximum absolute atomic E-state index is 6.10. The van der Waals surface area contributed by atoms with E-state index >= 15 is 0 Å². The van der Waals surface area contributed by atoms with Gasteiger partial charge in [0.05, 0.1) is 0 Å². The van der Waals surface area contributed by atoms with Crippen molar-refractivity contribution in [2.45, 2.75) is 64.8 Å². The van der Waals surface area contributed by atoms with Crippen LogP contribution in [0.5, 0.6) is 5.75 Å². The number of hydrogen-bond donors (Lipinski definition) is 1. The van der Waals surface area contributed by atoms with Crippen LogP contribution >= 0.6 is 0 Å². The Kier molecular flexibility index (Phi) is 7.08. The summed E-state index contributed by atoms with van der Waals surface area (Å²) >= 11 is 0. The van der Waals surface area contributed by atoms with Crippen LogP contribution < -0.4 is 10.1 Å². The van der Waals surface area contributed by atoms with Crippen LogP contribution in [0.1, 0.15) is 57.9 Å². The van der Waals surface area contributed by atoms with Crippen molar-refractivity contribution in [3.63, 3.8) is 0 Å². The number of aryl methyl sites for hydroxylation is 1. The van der Waals surface area contributed by atoms with Crippen molar-refractivity contribution in [2.75, 3.05) is 13.2 Å². The fourth-order valence-electron chi connectivity index (χ4n) is 3.27. The first-order valence-electron chi connectivity index (χ1n) is 8.78. The Labute approximate surface area is 130 Å².